The van der Waals surface area contributed by atoms with Crippen molar-refractivity contribution in [3.8, 4) is 22.5 Å². The van der Waals surface area contributed by atoms with Gasteiger partial charge in [-0.1, -0.05) is 127 Å². The smallest absolute Gasteiger partial charge is 0.0546 e. The summed E-state index contributed by atoms with van der Waals surface area (Å²) in [5.74, 6) is 0. The van der Waals surface area contributed by atoms with Gasteiger partial charge in [-0.2, -0.15) is 0 Å². The Morgan fingerprint density at radius 2 is 0.760 bits per heavy atom. The zero-order valence-corrected chi connectivity index (χ0v) is 27.2. The average molecular weight is 635 g/mol. The Morgan fingerprint density at radius 1 is 0.260 bits per heavy atom. The topological polar surface area (TPSA) is 9.86 Å². The van der Waals surface area contributed by atoms with E-state index in [9.17, 15) is 0 Å². The molecule has 50 heavy (non-hydrogen) atoms. The molecule has 0 fully saturated rings. The van der Waals surface area contributed by atoms with Gasteiger partial charge in [0.05, 0.1) is 27.8 Å². The molecule has 0 radical (unpaired) electrons. The molecule has 0 aliphatic heterocycles. The van der Waals surface area contributed by atoms with Crippen molar-refractivity contribution < 1.29 is 0 Å². The van der Waals surface area contributed by atoms with Crippen LogP contribution >= 0.6 is 0 Å². The highest BCUT2D eigenvalue weighted by Gasteiger charge is 2.18. The fourth-order valence-electron chi connectivity index (χ4n) is 8.38. The molecule has 11 rings (SSSR count). The predicted molar refractivity (Wildman–Crippen MR) is 213 cm³/mol. The molecule has 0 saturated carbocycles. The Labute approximate surface area is 288 Å². The van der Waals surface area contributed by atoms with Gasteiger partial charge in [-0.05, 0) is 92.7 Å². The van der Waals surface area contributed by atoms with Crippen LogP contribution in [0.5, 0.6) is 0 Å². The second kappa shape index (κ2) is 10.4. The summed E-state index contributed by atoms with van der Waals surface area (Å²) < 4.78 is 4.87. The maximum absolute atomic E-state index is 2.46. The summed E-state index contributed by atoms with van der Waals surface area (Å²) in [5.41, 5.74) is 9.68. The van der Waals surface area contributed by atoms with Crippen molar-refractivity contribution >= 4 is 75.9 Å². The van der Waals surface area contributed by atoms with E-state index in [1.54, 1.807) is 0 Å². The highest BCUT2D eigenvalue weighted by molar-refractivity contribution is 6.16. The van der Waals surface area contributed by atoms with Crippen molar-refractivity contribution in [1.82, 2.24) is 9.13 Å². The standard InChI is InChI=1S/C48H30N2/c1-2-12-32-27-36(24-21-31(32)11-1)49-44-19-9-7-17-40(44)42-28-33(22-25-46(42)49)34-23-26-47-43(29-34)41-18-8-10-20-45(41)50(47)48-30-35-13-3-4-14-37(35)38-15-5-6-16-39(38)48/h1-30H. The van der Waals surface area contributed by atoms with Gasteiger partial charge < -0.3 is 9.13 Å². The summed E-state index contributed by atoms with van der Waals surface area (Å²) in [4.78, 5) is 0. The van der Waals surface area contributed by atoms with E-state index in [0.29, 0.717) is 0 Å². The predicted octanol–water partition coefficient (Wildman–Crippen LogP) is 13.0. The first kappa shape index (κ1) is 27.3. The third kappa shape index (κ3) is 3.90. The molecule has 232 valence electrons. The number of hydrogen-bond donors (Lipinski definition) is 0. The van der Waals surface area contributed by atoms with E-state index in [4.69, 9.17) is 0 Å². The molecule has 0 saturated heterocycles. The molecule has 0 spiro atoms. The number of aromatic nitrogens is 2. The second-order valence-corrected chi connectivity index (χ2v) is 13.4. The molecule has 0 amide bonds. The summed E-state index contributed by atoms with van der Waals surface area (Å²) in [5, 5.41) is 12.6. The molecule has 2 heteroatoms. The van der Waals surface area contributed by atoms with Gasteiger partial charge in [-0.3, -0.25) is 0 Å². The minimum Gasteiger partial charge on any atom is -0.309 e. The number of nitrogens with zero attached hydrogens (tertiary/aromatic N) is 2. The monoisotopic (exact) mass is 634 g/mol. The lowest BCUT2D eigenvalue weighted by Crippen LogP contribution is -1.96. The molecule has 11 aromatic rings. The molecular weight excluding hydrogens is 605 g/mol. The van der Waals surface area contributed by atoms with Gasteiger partial charge >= 0.3 is 0 Å². The van der Waals surface area contributed by atoms with Crippen molar-refractivity contribution in [2.75, 3.05) is 0 Å². The first-order chi connectivity index (χ1) is 24.8. The van der Waals surface area contributed by atoms with Crippen molar-refractivity contribution in [3.05, 3.63) is 182 Å². The lowest BCUT2D eigenvalue weighted by Gasteiger charge is -2.14. The molecule has 0 N–H and O–H groups in total. The Balaban J connectivity index is 1.12. The van der Waals surface area contributed by atoms with Crippen molar-refractivity contribution in [2.45, 2.75) is 0 Å². The van der Waals surface area contributed by atoms with Gasteiger partial charge in [0.2, 0.25) is 0 Å². The molecule has 0 aliphatic carbocycles. The molecule has 2 aromatic heterocycles. The van der Waals surface area contributed by atoms with Gasteiger partial charge in [0.15, 0.2) is 0 Å². The van der Waals surface area contributed by atoms with Crippen LogP contribution in [0.15, 0.2) is 182 Å². The number of benzene rings is 9. The Morgan fingerprint density at radius 3 is 1.46 bits per heavy atom. The fraction of sp³-hybridized carbons (Fsp3) is 0. The highest BCUT2D eigenvalue weighted by atomic mass is 15.0. The molecule has 0 bridgehead atoms. The van der Waals surface area contributed by atoms with Gasteiger partial charge in [0.1, 0.15) is 0 Å². The zero-order valence-electron chi connectivity index (χ0n) is 27.2. The van der Waals surface area contributed by atoms with Crippen LogP contribution in [0.1, 0.15) is 0 Å². The third-order valence-electron chi connectivity index (χ3n) is 10.7. The van der Waals surface area contributed by atoms with Crippen LogP contribution in [-0.4, -0.2) is 9.13 Å². The van der Waals surface area contributed by atoms with Crippen molar-refractivity contribution in [3.63, 3.8) is 0 Å². The number of para-hydroxylation sites is 2. The number of fused-ring (bicyclic) bond motifs is 10. The second-order valence-electron chi connectivity index (χ2n) is 13.4. The van der Waals surface area contributed by atoms with Gasteiger partial charge in [0, 0.05) is 32.6 Å². The van der Waals surface area contributed by atoms with Crippen LogP contribution in [0, 0.1) is 0 Å². The minimum atomic E-state index is 1.18. The van der Waals surface area contributed by atoms with E-state index in [0.717, 1.165) is 0 Å². The van der Waals surface area contributed by atoms with Crippen LogP contribution in [-0.2, 0) is 0 Å². The van der Waals surface area contributed by atoms with Gasteiger partial charge in [0.25, 0.3) is 0 Å². The highest BCUT2D eigenvalue weighted by Crippen LogP contribution is 2.40. The first-order valence-electron chi connectivity index (χ1n) is 17.3. The first-order valence-corrected chi connectivity index (χ1v) is 17.3. The molecule has 0 atom stereocenters. The van der Waals surface area contributed by atoms with E-state index < -0.39 is 0 Å². The van der Waals surface area contributed by atoms with Crippen LogP contribution < -0.4 is 0 Å². The largest absolute Gasteiger partial charge is 0.309 e. The lowest BCUT2D eigenvalue weighted by molar-refractivity contribution is 1.19. The van der Waals surface area contributed by atoms with Gasteiger partial charge in [-0.15, -0.1) is 0 Å². The molecule has 2 heterocycles. The average Bonchev–Trinajstić information content (AvgIpc) is 3.69. The van der Waals surface area contributed by atoms with E-state index in [2.05, 4.69) is 191 Å². The molecule has 0 aliphatic rings. The van der Waals surface area contributed by atoms with Crippen LogP contribution in [0.25, 0.3) is 98.4 Å². The van der Waals surface area contributed by atoms with Gasteiger partial charge in [-0.25, -0.2) is 0 Å². The summed E-state index contributed by atoms with van der Waals surface area (Å²) in [6, 6.07) is 66.8. The van der Waals surface area contributed by atoms with E-state index in [-0.39, 0.29) is 0 Å². The maximum Gasteiger partial charge on any atom is 0.0546 e. The van der Waals surface area contributed by atoms with E-state index in [1.807, 2.05) is 0 Å². The van der Waals surface area contributed by atoms with Crippen LogP contribution in [0.4, 0.5) is 0 Å². The van der Waals surface area contributed by atoms with Crippen LogP contribution in [0.2, 0.25) is 0 Å². The molecule has 0 unspecified atom stereocenters. The Hall–Kier alpha value is -6.64. The van der Waals surface area contributed by atoms with Crippen molar-refractivity contribution in [1.29, 1.82) is 0 Å². The molecular formula is C48H30N2. The third-order valence-corrected chi connectivity index (χ3v) is 10.7. The summed E-state index contributed by atoms with van der Waals surface area (Å²) >= 11 is 0. The maximum atomic E-state index is 2.46. The minimum absolute atomic E-state index is 1.18. The quantitative estimate of drug-likeness (QED) is 0.171. The number of rotatable bonds is 3. The van der Waals surface area contributed by atoms with E-state index in [1.165, 1.54) is 98.4 Å². The normalized spacial score (nSPS) is 12.0. The summed E-state index contributed by atoms with van der Waals surface area (Å²) in [6.07, 6.45) is 0. The van der Waals surface area contributed by atoms with Crippen molar-refractivity contribution in [2.24, 2.45) is 0 Å². The SMILES string of the molecule is c1ccc2cc(-n3c4ccccc4c4cc(-c5ccc6c(c5)c5ccccc5n6-c5cc6ccccc6c6ccccc56)ccc43)ccc2c1. The lowest BCUT2D eigenvalue weighted by atomic mass is 9.99. The fourth-order valence-corrected chi connectivity index (χ4v) is 8.38. The zero-order chi connectivity index (χ0) is 32.8. The Bertz CT molecular complexity index is 3160. The Kier molecular flexibility index (Phi) is 5.70. The molecule has 2 nitrogen and oxygen atoms in total. The van der Waals surface area contributed by atoms with E-state index >= 15 is 0 Å². The summed E-state index contributed by atoms with van der Waals surface area (Å²) in [7, 11) is 0. The van der Waals surface area contributed by atoms with Crippen LogP contribution in [0.3, 0.4) is 0 Å². The number of hydrogen-bond acceptors (Lipinski definition) is 0. The molecule has 9 aromatic carbocycles. The summed E-state index contributed by atoms with van der Waals surface area (Å²) in [6.45, 7) is 0.